The zero-order valence-corrected chi connectivity index (χ0v) is 24.9. The lowest BCUT2D eigenvalue weighted by atomic mass is 9.98. The molecule has 1 unspecified atom stereocenters. The van der Waals surface area contributed by atoms with Gasteiger partial charge in [0.05, 0.1) is 22.3 Å². The van der Waals surface area contributed by atoms with Crippen LogP contribution in [-0.2, 0) is 16.9 Å². The third-order valence-corrected chi connectivity index (χ3v) is 8.29. The van der Waals surface area contributed by atoms with Gasteiger partial charge >= 0.3 is 25.7 Å². The summed E-state index contributed by atoms with van der Waals surface area (Å²) in [5.74, 6) is -0.0621. The molecule has 0 aliphatic heterocycles. The summed E-state index contributed by atoms with van der Waals surface area (Å²) in [6, 6.07) is 29.1. The van der Waals surface area contributed by atoms with Gasteiger partial charge in [-0.1, -0.05) is 83.4 Å². The van der Waals surface area contributed by atoms with E-state index in [1.807, 2.05) is 0 Å². The molecule has 0 aliphatic rings. The van der Waals surface area contributed by atoms with Gasteiger partial charge in [-0.05, 0) is 48.5 Å². The van der Waals surface area contributed by atoms with Gasteiger partial charge in [-0.2, -0.15) is 26.3 Å². The number of ketones is 1. The first-order valence-corrected chi connectivity index (χ1v) is 15.1. The van der Waals surface area contributed by atoms with Crippen LogP contribution in [0.25, 0.3) is 0 Å². The van der Waals surface area contributed by atoms with Gasteiger partial charge in [-0.25, -0.2) is 4.79 Å². The zero-order chi connectivity index (χ0) is 33.8. The second-order valence-electron chi connectivity index (χ2n) is 9.95. The predicted molar refractivity (Wildman–Crippen MR) is 161 cm³/mol. The Labute approximate surface area is 265 Å². The van der Waals surface area contributed by atoms with Crippen molar-refractivity contribution in [3.05, 3.63) is 161 Å². The molecule has 0 aromatic heterocycles. The second-order valence-corrected chi connectivity index (χ2v) is 11.4. The maximum absolute atomic E-state index is 14.1. The number of benzene rings is 5. The fourth-order valence-electron chi connectivity index (χ4n) is 4.76. The standard InChI is InChI=1S/C35H22F6O5P/c36-34(37,38)27-19-11-20-28(35(39,40)41)30(27)32(43)47(44)29-21-10-9-18-26(29)31(42)24-16-7-8-17-25(24)33(45-22-12-3-1-4-13-22)46-23-14-5-2-6-15-23/h1-21,33H/q+1. The van der Waals surface area contributed by atoms with Crippen LogP contribution < -0.4 is 14.8 Å². The van der Waals surface area contributed by atoms with Crippen LogP contribution in [0.15, 0.2) is 127 Å². The summed E-state index contributed by atoms with van der Waals surface area (Å²) in [4.78, 5) is 27.4. The smallest absolute Gasteiger partial charge is 0.451 e. The van der Waals surface area contributed by atoms with Crippen molar-refractivity contribution in [2.45, 2.75) is 18.6 Å². The molecule has 5 aromatic carbocycles. The van der Waals surface area contributed by atoms with E-state index in [1.165, 1.54) is 36.4 Å². The average Bonchev–Trinajstić information content (AvgIpc) is 3.07. The molecule has 1 atom stereocenters. The highest BCUT2D eigenvalue weighted by Crippen LogP contribution is 2.43. The molecule has 5 nitrogen and oxygen atoms in total. The van der Waals surface area contributed by atoms with Crippen molar-refractivity contribution >= 4 is 24.4 Å². The van der Waals surface area contributed by atoms with Crippen LogP contribution in [0.3, 0.4) is 0 Å². The highest BCUT2D eigenvalue weighted by Gasteiger charge is 2.49. The Balaban J connectivity index is 1.58. The zero-order valence-electron chi connectivity index (χ0n) is 24.0. The Hall–Kier alpha value is -5.28. The van der Waals surface area contributed by atoms with E-state index in [0.717, 1.165) is 6.07 Å². The Morgan fingerprint density at radius 2 is 1.00 bits per heavy atom. The molecule has 0 saturated heterocycles. The molecule has 0 heterocycles. The van der Waals surface area contributed by atoms with E-state index in [0.29, 0.717) is 29.7 Å². The van der Waals surface area contributed by atoms with E-state index in [9.17, 15) is 40.5 Å². The van der Waals surface area contributed by atoms with Crippen molar-refractivity contribution in [3.63, 3.8) is 0 Å². The monoisotopic (exact) mass is 667 g/mol. The highest BCUT2D eigenvalue weighted by molar-refractivity contribution is 7.71. The number of ether oxygens (including phenoxy) is 2. The molecular weight excluding hydrogens is 645 g/mol. The highest BCUT2D eigenvalue weighted by atomic mass is 31.1. The molecule has 5 aromatic rings. The van der Waals surface area contributed by atoms with Crippen LogP contribution in [0, 0.1) is 0 Å². The van der Waals surface area contributed by atoms with Crippen LogP contribution in [0.4, 0.5) is 26.3 Å². The van der Waals surface area contributed by atoms with Gasteiger partial charge in [0, 0.05) is 11.1 Å². The number of rotatable bonds is 10. The second kappa shape index (κ2) is 13.6. The number of para-hydroxylation sites is 2. The molecule has 0 fully saturated rings. The van der Waals surface area contributed by atoms with Crippen LogP contribution >= 0.6 is 7.80 Å². The lowest BCUT2D eigenvalue weighted by Crippen LogP contribution is -2.23. The molecule has 0 aliphatic carbocycles. The summed E-state index contributed by atoms with van der Waals surface area (Å²) in [5, 5.41) is -0.540. The van der Waals surface area contributed by atoms with E-state index >= 15 is 0 Å². The van der Waals surface area contributed by atoms with Crippen molar-refractivity contribution in [2.75, 3.05) is 0 Å². The fourth-order valence-corrected chi connectivity index (χ4v) is 6.04. The van der Waals surface area contributed by atoms with Gasteiger partial charge in [0.25, 0.3) is 6.29 Å². The van der Waals surface area contributed by atoms with E-state index in [4.69, 9.17) is 9.47 Å². The molecule has 47 heavy (non-hydrogen) atoms. The summed E-state index contributed by atoms with van der Waals surface area (Å²) in [5.41, 5.74) is -7.72. The maximum Gasteiger partial charge on any atom is 0.459 e. The average molecular weight is 668 g/mol. The molecule has 12 heteroatoms. The van der Waals surface area contributed by atoms with Crippen LogP contribution in [-0.4, -0.2) is 11.3 Å². The van der Waals surface area contributed by atoms with Gasteiger partial charge in [0.2, 0.25) is 5.30 Å². The van der Waals surface area contributed by atoms with Crippen molar-refractivity contribution in [1.29, 1.82) is 0 Å². The van der Waals surface area contributed by atoms with E-state index in [-0.39, 0.29) is 16.7 Å². The Bertz CT molecular complexity index is 1850. The molecule has 0 spiro atoms. The predicted octanol–water partition coefficient (Wildman–Crippen LogP) is 9.40. The molecule has 0 radical (unpaired) electrons. The van der Waals surface area contributed by atoms with Crippen LogP contribution in [0.2, 0.25) is 0 Å². The first kappa shape index (κ1) is 33.1. The molecule has 0 amide bonds. The van der Waals surface area contributed by atoms with Gasteiger partial charge in [-0.15, -0.1) is 0 Å². The first-order valence-electron chi connectivity index (χ1n) is 13.8. The summed E-state index contributed by atoms with van der Waals surface area (Å²) in [6.07, 6.45) is -12.0. The Morgan fingerprint density at radius 3 is 1.51 bits per heavy atom. The van der Waals surface area contributed by atoms with E-state index < -0.39 is 59.7 Å². The summed E-state index contributed by atoms with van der Waals surface area (Å²) < 4.78 is 109. The SMILES string of the molecule is O=C(c1ccccc1C(Oc1ccccc1)Oc1ccccc1)c1ccccc1[P+](=O)C(=O)c1c(C(F)(F)F)cccc1C(F)(F)F. The molecule has 0 saturated carbocycles. The molecule has 0 N–H and O–H groups in total. The number of hydrogen-bond donors (Lipinski definition) is 0. The van der Waals surface area contributed by atoms with Crippen LogP contribution in [0.1, 0.15) is 49.3 Å². The lowest BCUT2D eigenvalue weighted by Gasteiger charge is -2.23. The minimum Gasteiger partial charge on any atom is -0.451 e. The Morgan fingerprint density at radius 1 is 0.553 bits per heavy atom. The third-order valence-electron chi connectivity index (χ3n) is 6.87. The fraction of sp³-hybridized carbons (Fsp3) is 0.0857. The normalized spacial score (nSPS) is 12.0. The maximum atomic E-state index is 14.1. The number of carbonyl (C=O) groups excluding carboxylic acids is 2. The van der Waals surface area contributed by atoms with Crippen molar-refractivity contribution in [2.24, 2.45) is 0 Å². The van der Waals surface area contributed by atoms with Crippen molar-refractivity contribution in [1.82, 2.24) is 0 Å². The van der Waals surface area contributed by atoms with Crippen molar-refractivity contribution < 1.29 is 50.0 Å². The van der Waals surface area contributed by atoms with Gasteiger partial charge in [0.1, 0.15) is 11.5 Å². The minimum atomic E-state index is -5.37. The largest absolute Gasteiger partial charge is 0.459 e. The quantitative estimate of drug-likeness (QED) is 0.0643. The first-order chi connectivity index (χ1) is 22.4. The Kier molecular flexibility index (Phi) is 9.58. The minimum absolute atomic E-state index is 0.0423. The number of carbonyl (C=O) groups is 2. The van der Waals surface area contributed by atoms with Crippen molar-refractivity contribution in [3.8, 4) is 11.5 Å². The molecule has 0 bridgehead atoms. The van der Waals surface area contributed by atoms with E-state index in [2.05, 4.69) is 0 Å². The number of hydrogen-bond acceptors (Lipinski definition) is 5. The summed E-state index contributed by atoms with van der Waals surface area (Å²) >= 11 is 0. The molecule has 5 rings (SSSR count). The summed E-state index contributed by atoms with van der Waals surface area (Å²) in [7, 11) is -3.66. The van der Waals surface area contributed by atoms with Gasteiger partial charge in [-0.3, -0.25) is 4.79 Å². The molecule has 238 valence electrons. The number of halogens is 6. The lowest BCUT2D eigenvalue weighted by molar-refractivity contribution is -0.143. The van der Waals surface area contributed by atoms with Gasteiger partial charge < -0.3 is 9.47 Å². The third kappa shape index (κ3) is 7.42. The van der Waals surface area contributed by atoms with Gasteiger partial charge in [0.15, 0.2) is 5.78 Å². The molecular formula is C35H22F6O5P+. The summed E-state index contributed by atoms with van der Waals surface area (Å²) in [6.45, 7) is 0. The van der Waals surface area contributed by atoms with E-state index in [1.54, 1.807) is 66.7 Å². The van der Waals surface area contributed by atoms with Crippen LogP contribution in [0.5, 0.6) is 11.5 Å². The number of alkyl halides is 6. The topological polar surface area (TPSA) is 69.7 Å².